The molecule has 2 N–H and O–H groups in total. The van der Waals surface area contributed by atoms with Gasteiger partial charge in [0.2, 0.25) is 0 Å². The number of rotatable bonds is 7. The molecule has 5 heteroatoms. The molecule has 0 aliphatic carbocycles. The first-order valence-electron chi connectivity index (χ1n) is 5.42. The number of ether oxygens (including phenoxy) is 2. The van der Waals surface area contributed by atoms with E-state index in [0.29, 0.717) is 13.0 Å². The summed E-state index contributed by atoms with van der Waals surface area (Å²) < 4.78 is 10.4. The van der Waals surface area contributed by atoms with Gasteiger partial charge in [0.15, 0.2) is 0 Å². The molecule has 0 rings (SSSR count). The molecule has 0 saturated heterocycles. The maximum absolute atomic E-state index is 11.4. The van der Waals surface area contributed by atoms with Crippen molar-refractivity contribution in [3.8, 4) is 0 Å². The van der Waals surface area contributed by atoms with Crippen molar-refractivity contribution >= 4 is 17.7 Å². The van der Waals surface area contributed by atoms with Crippen molar-refractivity contribution < 1.29 is 14.3 Å². The molecule has 4 nitrogen and oxygen atoms in total. The Morgan fingerprint density at radius 3 is 2.50 bits per heavy atom. The molecule has 0 spiro atoms. The lowest BCUT2D eigenvalue weighted by atomic mass is 10.2. The molecule has 0 aliphatic heterocycles. The van der Waals surface area contributed by atoms with Crippen LogP contribution in [0.15, 0.2) is 0 Å². The van der Waals surface area contributed by atoms with Gasteiger partial charge in [-0.05, 0) is 39.2 Å². The van der Waals surface area contributed by atoms with Crippen LogP contribution in [-0.2, 0) is 14.3 Å². The van der Waals surface area contributed by atoms with Crippen molar-refractivity contribution in [2.24, 2.45) is 5.73 Å². The van der Waals surface area contributed by atoms with Crippen LogP contribution >= 0.6 is 11.8 Å². The summed E-state index contributed by atoms with van der Waals surface area (Å²) in [4.78, 5) is 11.4. The molecule has 0 aromatic heterocycles. The van der Waals surface area contributed by atoms with Gasteiger partial charge in [0.1, 0.15) is 12.6 Å². The lowest BCUT2D eigenvalue weighted by Gasteiger charge is -2.19. The maximum atomic E-state index is 11.4. The Morgan fingerprint density at radius 2 is 2.00 bits per heavy atom. The van der Waals surface area contributed by atoms with Crippen LogP contribution in [-0.4, -0.2) is 42.8 Å². The zero-order valence-electron chi connectivity index (χ0n) is 10.6. The van der Waals surface area contributed by atoms with Crippen molar-refractivity contribution in [1.29, 1.82) is 0 Å². The molecule has 0 heterocycles. The molecule has 0 aromatic rings. The molecule has 16 heavy (non-hydrogen) atoms. The van der Waals surface area contributed by atoms with Gasteiger partial charge in [-0.15, -0.1) is 0 Å². The molecule has 1 atom stereocenters. The smallest absolute Gasteiger partial charge is 0.323 e. The summed E-state index contributed by atoms with van der Waals surface area (Å²) in [6.07, 6.45) is 2.63. The quantitative estimate of drug-likeness (QED) is 0.546. The summed E-state index contributed by atoms with van der Waals surface area (Å²) in [5.74, 6) is 0.529. The van der Waals surface area contributed by atoms with Crippen molar-refractivity contribution in [3.05, 3.63) is 0 Å². The van der Waals surface area contributed by atoms with Crippen LogP contribution in [0.25, 0.3) is 0 Å². The highest BCUT2D eigenvalue weighted by molar-refractivity contribution is 7.98. The summed E-state index contributed by atoms with van der Waals surface area (Å²) in [6, 6.07) is -0.512. The molecular weight excluding hydrogens is 226 g/mol. The topological polar surface area (TPSA) is 61.6 Å². The lowest BCUT2D eigenvalue weighted by Crippen LogP contribution is -2.34. The van der Waals surface area contributed by atoms with Crippen molar-refractivity contribution in [1.82, 2.24) is 0 Å². The Hall–Kier alpha value is -0.260. The Morgan fingerprint density at radius 1 is 1.38 bits per heavy atom. The summed E-state index contributed by atoms with van der Waals surface area (Å²) in [6.45, 7) is 6.55. The third-order valence-electron chi connectivity index (χ3n) is 1.80. The van der Waals surface area contributed by atoms with Gasteiger partial charge in [0.05, 0.1) is 12.2 Å². The second-order valence-electron chi connectivity index (χ2n) is 4.52. The first kappa shape index (κ1) is 15.7. The van der Waals surface area contributed by atoms with E-state index in [9.17, 15) is 4.79 Å². The Balaban J connectivity index is 3.57. The van der Waals surface area contributed by atoms with E-state index in [0.717, 1.165) is 5.75 Å². The molecule has 0 radical (unpaired) electrons. The van der Waals surface area contributed by atoms with Crippen LogP contribution in [0.4, 0.5) is 0 Å². The van der Waals surface area contributed by atoms with Crippen molar-refractivity contribution in [2.45, 2.75) is 38.8 Å². The fraction of sp³-hybridized carbons (Fsp3) is 0.909. The maximum Gasteiger partial charge on any atom is 0.323 e. The molecule has 96 valence electrons. The van der Waals surface area contributed by atoms with Crippen LogP contribution in [0.2, 0.25) is 0 Å². The summed E-state index contributed by atoms with van der Waals surface area (Å²) in [5.41, 5.74) is 5.44. The molecule has 0 saturated carbocycles. The minimum atomic E-state index is -0.512. The normalized spacial score (nSPS) is 13.6. The van der Waals surface area contributed by atoms with Crippen molar-refractivity contribution in [3.63, 3.8) is 0 Å². The predicted molar refractivity (Wildman–Crippen MR) is 67.6 cm³/mol. The minimum absolute atomic E-state index is 0.201. The lowest BCUT2D eigenvalue weighted by molar-refractivity contribution is -0.148. The van der Waals surface area contributed by atoms with Gasteiger partial charge in [0.25, 0.3) is 0 Å². The number of thioether (sulfide) groups is 1. The Labute approximate surface area is 102 Å². The Bertz CT molecular complexity index is 204. The zero-order valence-corrected chi connectivity index (χ0v) is 11.4. The van der Waals surface area contributed by atoms with Crippen LogP contribution in [0.3, 0.4) is 0 Å². The number of nitrogens with two attached hydrogens (primary N) is 1. The van der Waals surface area contributed by atoms with Gasteiger partial charge in [-0.25, -0.2) is 0 Å². The van der Waals surface area contributed by atoms with E-state index in [1.165, 1.54) is 0 Å². The minimum Gasteiger partial charge on any atom is -0.462 e. The fourth-order valence-corrected chi connectivity index (χ4v) is 1.45. The predicted octanol–water partition coefficient (Wildman–Crippen LogP) is 1.43. The zero-order chi connectivity index (χ0) is 12.6. The highest BCUT2D eigenvalue weighted by Gasteiger charge is 2.15. The number of hydrogen-bond acceptors (Lipinski definition) is 5. The standard InChI is InChI=1S/C11H23NO3S/c1-11(2,3)15-7-6-14-10(13)9(12)5-8-16-4/h9H,5-8,12H2,1-4H3. The Kier molecular flexibility index (Phi) is 7.80. The van der Waals surface area contributed by atoms with Crippen LogP contribution in [0.1, 0.15) is 27.2 Å². The van der Waals surface area contributed by atoms with Gasteiger partial charge in [-0.3, -0.25) is 4.79 Å². The molecule has 1 unspecified atom stereocenters. The second kappa shape index (κ2) is 7.92. The van der Waals surface area contributed by atoms with Crippen molar-refractivity contribution in [2.75, 3.05) is 25.2 Å². The SMILES string of the molecule is CSCCC(N)C(=O)OCCOC(C)(C)C. The highest BCUT2D eigenvalue weighted by atomic mass is 32.2. The molecule has 0 bridgehead atoms. The number of carbonyl (C=O) groups is 1. The molecular formula is C11H23NO3S. The number of esters is 1. The van der Waals surface area contributed by atoms with E-state index in [1.54, 1.807) is 11.8 Å². The van der Waals surface area contributed by atoms with Gasteiger partial charge >= 0.3 is 5.97 Å². The monoisotopic (exact) mass is 249 g/mol. The molecule has 0 aliphatic rings. The molecule has 0 amide bonds. The van der Waals surface area contributed by atoms with E-state index >= 15 is 0 Å². The van der Waals surface area contributed by atoms with E-state index < -0.39 is 6.04 Å². The van der Waals surface area contributed by atoms with E-state index in [-0.39, 0.29) is 18.2 Å². The molecule has 0 aromatic carbocycles. The van der Waals surface area contributed by atoms with Crippen LogP contribution in [0, 0.1) is 0 Å². The van der Waals surface area contributed by atoms with E-state index in [1.807, 2.05) is 27.0 Å². The largest absolute Gasteiger partial charge is 0.462 e. The number of carbonyl (C=O) groups excluding carboxylic acids is 1. The average molecular weight is 249 g/mol. The third kappa shape index (κ3) is 9.00. The van der Waals surface area contributed by atoms with Gasteiger partial charge < -0.3 is 15.2 Å². The summed E-state index contributed by atoms with van der Waals surface area (Å²) in [7, 11) is 0. The van der Waals surface area contributed by atoms with Crippen LogP contribution in [0.5, 0.6) is 0 Å². The first-order valence-corrected chi connectivity index (χ1v) is 6.81. The van der Waals surface area contributed by atoms with Gasteiger partial charge in [-0.2, -0.15) is 11.8 Å². The summed E-state index contributed by atoms with van der Waals surface area (Å²) >= 11 is 1.67. The van der Waals surface area contributed by atoms with E-state index in [2.05, 4.69) is 0 Å². The van der Waals surface area contributed by atoms with Gasteiger partial charge in [-0.1, -0.05) is 0 Å². The fourth-order valence-electron chi connectivity index (χ4n) is 0.960. The van der Waals surface area contributed by atoms with Gasteiger partial charge in [0, 0.05) is 0 Å². The molecule has 0 fully saturated rings. The first-order chi connectivity index (χ1) is 7.37. The highest BCUT2D eigenvalue weighted by Crippen LogP contribution is 2.06. The second-order valence-corrected chi connectivity index (χ2v) is 5.50. The third-order valence-corrected chi connectivity index (χ3v) is 2.44. The number of hydrogen-bond donors (Lipinski definition) is 1. The van der Waals surface area contributed by atoms with Crippen LogP contribution < -0.4 is 5.73 Å². The van der Waals surface area contributed by atoms with E-state index in [4.69, 9.17) is 15.2 Å². The summed E-state index contributed by atoms with van der Waals surface area (Å²) in [5, 5.41) is 0. The average Bonchev–Trinajstić information content (AvgIpc) is 2.19.